The first-order valence-electron chi connectivity index (χ1n) is 6.45. The molecule has 0 aliphatic rings. The van der Waals surface area contributed by atoms with Gasteiger partial charge in [-0.2, -0.15) is 0 Å². The number of para-hydroxylation sites is 1. The van der Waals surface area contributed by atoms with Crippen LogP contribution in [0.4, 0.5) is 0 Å². The Morgan fingerprint density at radius 1 is 1.16 bits per heavy atom. The molecule has 0 unspecified atom stereocenters. The molecule has 2 rings (SSSR count). The van der Waals surface area contributed by atoms with E-state index in [4.69, 9.17) is 16.3 Å². The molecule has 4 heteroatoms. The van der Waals surface area contributed by atoms with E-state index in [1.807, 2.05) is 24.3 Å². The molecule has 0 fully saturated rings. The molecule has 0 saturated carbocycles. The van der Waals surface area contributed by atoms with Crippen molar-refractivity contribution in [2.24, 2.45) is 0 Å². The van der Waals surface area contributed by atoms with Crippen LogP contribution in [-0.2, 0) is 13.2 Å². The van der Waals surface area contributed by atoms with Gasteiger partial charge in [-0.25, -0.2) is 0 Å². The molecule has 1 aromatic carbocycles. The van der Waals surface area contributed by atoms with Crippen molar-refractivity contribution in [2.45, 2.75) is 26.5 Å². The van der Waals surface area contributed by atoms with Crippen LogP contribution in [-0.4, -0.2) is 6.54 Å². The van der Waals surface area contributed by atoms with Crippen molar-refractivity contribution < 1.29 is 4.74 Å². The Morgan fingerprint density at radius 2 is 1.95 bits per heavy atom. The molecule has 102 valence electrons. The van der Waals surface area contributed by atoms with Gasteiger partial charge < -0.3 is 10.1 Å². The third kappa shape index (κ3) is 4.53. The smallest absolute Gasteiger partial charge is 0.138 e. The van der Waals surface area contributed by atoms with Crippen LogP contribution < -0.4 is 10.1 Å². The predicted octanol–water partition coefficient (Wildman–Crippen LogP) is 4.48. The number of benzene rings is 1. The summed E-state index contributed by atoms with van der Waals surface area (Å²) in [5.41, 5.74) is 0. The Morgan fingerprint density at radius 3 is 2.74 bits per heavy atom. The number of ether oxygens (including phenoxy) is 1. The second-order valence-corrected chi connectivity index (χ2v) is 5.92. The summed E-state index contributed by atoms with van der Waals surface area (Å²) in [6.45, 7) is 4.74. The molecule has 0 saturated heterocycles. The molecule has 2 aromatic rings. The van der Waals surface area contributed by atoms with Crippen molar-refractivity contribution in [3.8, 4) is 5.75 Å². The molecule has 0 aliphatic carbocycles. The van der Waals surface area contributed by atoms with E-state index in [2.05, 4.69) is 24.4 Å². The minimum atomic E-state index is 0.572. The molecular formula is C15H18ClNOS. The third-order valence-electron chi connectivity index (χ3n) is 2.65. The average molecular weight is 296 g/mol. The van der Waals surface area contributed by atoms with E-state index in [0.29, 0.717) is 11.6 Å². The maximum Gasteiger partial charge on any atom is 0.138 e. The third-order valence-corrected chi connectivity index (χ3v) is 4.02. The lowest BCUT2D eigenvalue weighted by Gasteiger charge is -2.05. The van der Waals surface area contributed by atoms with Gasteiger partial charge in [0.15, 0.2) is 0 Å². The summed E-state index contributed by atoms with van der Waals surface area (Å²) in [5.74, 6) is 0.739. The fourth-order valence-corrected chi connectivity index (χ4v) is 2.79. The Labute approximate surface area is 123 Å². The number of halogens is 1. The lowest BCUT2D eigenvalue weighted by molar-refractivity contribution is 0.310. The number of hydrogen-bond donors (Lipinski definition) is 1. The summed E-state index contributed by atoms with van der Waals surface area (Å²) >= 11 is 7.83. The number of nitrogens with one attached hydrogen (secondary N) is 1. The molecule has 19 heavy (non-hydrogen) atoms. The van der Waals surface area contributed by atoms with Crippen LogP contribution in [0, 0.1) is 0 Å². The van der Waals surface area contributed by atoms with Crippen LogP contribution in [0.3, 0.4) is 0 Å². The van der Waals surface area contributed by atoms with Crippen molar-refractivity contribution in [3.63, 3.8) is 0 Å². The summed E-state index contributed by atoms with van der Waals surface area (Å²) in [7, 11) is 0. The largest absolute Gasteiger partial charge is 0.487 e. The van der Waals surface area contributed by atoms with Crippen molar-refractivity contribution in [3.05, 3.63) is 51.2 Å². The zero-order chi connectivity index (χ0) is 13.5. The molecule has 0 amide bonds. The lowest BCUT2D eigenvalue weighted by Crippen LogP contribution is -2.12. The monoisotopic (exact) mass is 295 g/mol. The Hall–Kier alpha value is -1.03. The molecule has 1 heterocycles. The van der Waals surface area contributed by atoms with Crippen LogP contribution in [0.5, 0.6) is 5.75 Å². The van der Waals surface area contributed by atoms with Gasteiger partial charge in [0.2, 0.25) is 0 Å². The number of hydrogen-bond acceptors (Lipinski definition) is 3. The number of thiophene rings is 1. The molecule has 0 radical (unpaired) electrons. The first kappa shape index (κ1) is 14.4. The normalized spacial score (nSPS) is 10.6. The van der Waals surface area contributed by atoms with Crippen LogP contribution in [0.15, 0.2) is 36.4 Å². The maximum atomic E-state index is 6.05. The fourth-order valence-electron chi connectivity index (χ4n) is 1.69. The first-order chi connectivity index (χ1) is 9.29. The first-order valence-corrected chi connectivity index (χ1v) is 7.64. The Bertz CT molecular complexity index is 512. The van der Waals surface area contributed by atoms with E-state index < -0.39 is 0 Å². The quantitative estimate of drug-likeness (QED) is 0.761. The maximum absolute atomic E-state index is 6.05. The average Bonchev–Trinajstić information content (AvgIpc) is 2.86. The Kier molecular flexibility index (Phi) is 5.70. The van der Waals surface area contributed by atoms with Crippen LogP contribution in [0.25, 0.3) is 0 Å². The van der Waals surface area contributed by atoms with Crippen LogP contribution in [0.1, 0.15) is 23.1 Å². The van der Waals surface area contributed by atoms with Crippen molar-refractivity contribution in [1.82, 2.24) is 5.32 Å². The summed E-state index contributed by atoms with van der Waals surface area (Å²) in [6.07, 6.45) is 1.16. The van der Waals surface area contributed by atoms with Gasteiger partial charge in [0.05, 0.1) is 5.02 Å². The van der Waals surface area contributed by atoms with Gasteiger partial charge >= 0.3 is 0 Å². The summed E-state index contributed by atoms with van der Waals surface area (Å²) < 4.78 is 5.72. The van der Waals surface area contributed by atoms with Gasteiger partial charge in [0, 0.05) is 16.3 Å². The molecule has 1 N–H and O–H groups in total. The standard InChI is InChI=1S/C15H18ClNOS/c1-2-9-17-10-12-7-8-13(19-12)11-18-15-6-4-3-5-14(15)16/h3-8,17H,2,9-11H2,1H3. The van der Waals surface area contributed by atoms with Gasteiger partial charge in [-0.15, -0.1) is 11.3 Å². The highest BCUT2D eigenvalue weighted by molar-refractivity contribution is 7.11. The summed E-state index contributed by atoms with van der Waals surface area (Å²) in [4.78, 5) is 2.56. The van der Waals surface area contributed by atoms with Crippen LogP contribution >= 0.6 is 22.9 Å². The molecule has 0 atom stereocenters. The highest BCUT2D eigenvalue weighted by Crippen LogP contribution is 2.25. The molecule has 0 spiro atoms. The highest BCUT2D eigenvalue weighted by atomic mass is 35.5. The van der Waals surface area contributed by atoms with E-state index in [9.17, 15) is 0 Å². The summed E-state index contributed by atoms with van der Waals surface area (Å²) in [5, 5.41) is 4.05. The molecular weight excluding hydrogens is 278 g/mol. The fraction of sp³-hybridized carbons (Fsp3) is 0.333. The van der Waals surface area contributed by atoms with Crippen molar-refractivity contribution in [1.29, 1.82) is 0 Å². The van der Waals surface area contributed by atoms with Crippen LogP contribution in [0.2, 0.25) is 5.02 Å². The zero-order valence-corrected chi connectivity index (χ0v) is 12.6. The van der Waals surface area contributed by atoms with Gasteiger partial charge in [0.25, 0.3) is 0 Å². The van der Waals surface area contributed by atoms with Crippen molar-refractivity contribution >= 4 is 22.9 Å². The second-order valence-electron chi connectivity index (χ2n) is 4.26. The minimum absolute atomic E-state index is 0.572. The molecule has 0 bridgehead atoms. The predicted molar refractivity (Wildman–Crippen MR) is 82.1 cm³/mol. The summed E-state index contributed by atoms with van der Waals surface area (Å²) in [6, 6.07) is 11.8. The van der Waals surface area contributed by atoms with E-state index in [-0.39, 0.29) is 0 Å². The van der Waals surface area contributed by atoms with Gasteiger partial charge in [-0.05, 0) is 37.2 Å². The highest BCUT2D eigenvalue weighted by Gasteiger charge is 2.03. The Balaban J connectivity index is 1.85. The topological polar surface area (TPSA) is 21.3 Å². The van der Waals surface area contributed by atoms with Gasteiger partial charge in [-0.1, -0.05) is 30.7 Å². The molecule has 2 nitrogen and oxygen atoms in total. The lowest BCUT2D eigenvalue weighted by atomic mass is 10.3. The van der Waals surface area contributed by atoms with E-state index in [0.717, 1.165) is 25.3 Å². The minimum Gasteiger partial charge on any atom is -0.487 e. The van der Waals surface area contributed by atoms with Gasteiger partial charge in [0.1, 0.15) is 12.4 Å². The molecule has 0 aliphatic heterocycles. The van der Waals surface area contributed by atoms with E-state index >= 15 is 0 Å². The second kappa shape index (κ2) is 7.53. The SMILES string of the molecule is CCCNCc1ccc(COc2ccccc2Cl)s1. The molecule has 1 aromatic heterocycles. The zero-order valence-electron chi connectivity index (χ0n) is 11.0. The number of rotatable bonds is 7. The van der Waals surface area contributed by atoms with E-state index in [1.54, 1.807) is 11.3 Å². The van der Waals surface area contributed by atoms with Crippen molar-refractivity contribution in [2.75, 3.05) is 6.54 Å². The van der Waals surface area contributed by atoms with E-state index in [1.165, 1.54) is 9.75 Å². The van der Waals surface area contributed by atoms with Gasteiger partial charge in [-0.3, -0.25) is 0 Å².